The molecule has 0 saturated heterocycles. The maximum absolute atomic E-state index is 12.0. The largest absolute Gasteiger partial charge is 0.497 e. The molecule has 5 heteroatoms. The van der Waals surface area contributed by atoms with Crippen molar-refractivity contribution in [1.29, 1.82) is 0 Å². The number of hydrogen-bond donors (Lipinski definition) is 1. The molecule has 0 aliphatic carbocycles. The van der Waals surface area contributed by atoms with Gasteiger partial charge < -0.3 is 14.5 Å². The lowest BCUT2D eigenvalue weighted by Crippen LogP contribution is -2.07. The van der Waals surface area contributed by atoms with E-state index >= 15 is 0 Å². The van der Waals surface area contributed by atoms with E-state index in [-0.39, 0.29) is 5.91 Å². The molecule has 0 unspecified atom stereocenters. The van der Waals surface area contributed by atoms with Crippen LogP contribution in [0, 0.1) is 0 Å². The zero-order chi connectivity index (χ0) is 16.2. The van der Waals surface area contributed by atoms with Crippen LogP contribution in [-0.4, -0.2) is 13.0 Å². The van der Waals surface area contributed by atoms with Crippen molar-refractivity contribution >= 4 is 40.2 Å². The Balaban J connectivity index is 1.71. The average Bonchev–Trinajstić information content (AvgIpc) is 2.95. The number of ether oxygens (including phenoxy) is 1. The standard InChI is InChI=1S/C18H14ClNO3/c1-22-15-4-2-3-14(11-15)20-18(21)8-6-16-10-12-9-13(19)5-7-17(12)23-16/h2-11H,1H3,(H,20,21)/b8-6+. The van der Waals surface area contributed by atoms with E-state index in [1.165, 1.54) is 6.08 Å². The number of rotatable bonds is 4. The van der Waals surface area contributed by atoms with Crippen LogP contribution in [0.3, 0.4) is 0 Å². The van der Waals surface area contributed by atoms with Gasteiger partial charge in [-0.05, 0) is 42.5 Å². The third kappa shape index (κ3) is 3.73. The highest BCUT2D eigenvalue weighted by atomic mass is 35.5. The van der Waals surface area contributed by atoms with Gasteiger partial charge in [0, 0.05) is 28.2 Å². The molecule has 0 aliphatic heterocycles. The predicted molar refractivity (Wildman–Crippen MR) is 91.9 cm³/mol. The van der Waals surface area contributed by atoms with Crippen LogP contribution in [0.1, 0.15) is 5.76 Å². The molecule has 23 heavy (non-hydrogen) atoms. The van der Waals surface area contributed by atoms with E-state index < -0.39 is 0 Å². The van der Waals surface area contributed by atoms with Crippen molar-refractivity contribution in [2.75, 3.05) is 12.4 Å². The molecule has 1 N–H and O–H groups in total. The molecule has 116 valence electrons. The van der Waals surface area contributed by atoms with Gasteiger partial charge in [0.15, 0.2) is 0 Å². The maximum Gasteiger partial charge on any atom is 0.248 e. The summed E-state index contributed by atoms with van der Waals surface area (Å²) < 4.78 is 10.7. The second-order valence-corrected chi connectivity index (χ2v) is 5.32. The van der Waals surface area contributed by atoms with Crippen molar-refractivity contribution in [1.82, 2.24) is 0 Å². The van der Waals surface area contributed by atoms with Crippen molar-refractivity contribution in [2.24, 2.45) is 0 Å². The number of nitrogens with one attached hydrogen (secondary N) is 1. The zero-order valence-corrected chi connectivity index (χ0v) is 13.1. The highest BCUT2D eigenvalue weighted by molar-refractivity contribution is 6.31. The van der Waals surface area contributed by atoms with Gasteiger partial charge >= 0.3 is 0 Å². The van der Waals surface area contributed by atoms with Gasteiger partial charge in [-0.25, -0.2) is 0 Å². The smallest absolute Gasteiger partial charge is 0.248 e. The molecule has 0 atom stereocenters. The lowest BCUT2D eigenvalue weighted by molar-refractivity contribution is -0.111. The second-order valence-electron chi connectivity index (χ2n) is 4.89. The second kappa shape index (κ2) is 6.58. The number of halogens is 1. The van der Waals surface area contributed by atoms with Gasteiger partial charge in [0.05, 0.1) is 7.11 Å². The fraction of sp³-hybridized carbons (Fsp3) is 0.0556. The average molecular weight is 328 g/mol. The van der Waals surface area contributed by atoms with Crippen molar-refractivity contribution in [2.45, 2.75) is 0 Å². The van der Waals surface area contributed by atoms with Crippen LogP contribution < -0.4 is 10.1 Å². The third-order valence-electron chi connectivity index (χ3n) is 3.23. The Hall–Kier alpha value is -2.72. The van der Waals surface area contributed by atoms with Gasteiger partial charge in [0.25, 0.3) is 0 Å². The number of fused-ring (bicyclic) bond motifs is 1. The molecule has 1 aromatic heterocycles. The van der Waals surface area contributed by atoms with Crippen LogP contribution in [-0.2, 0) is 4.79 Å². The lowest BCUT2D eigenvalue weighted by Gasteiger charge is -2.04. The molecule has 0 fully saturated rings. The minimum absolute atomic E-state index is 0.253. The Kier molecular flexibility index (Phi) is 4.35. The summed E-state index contributed by atoms with van der Waals surface area (Å²) in [5, 5.41) is 4.30. The normalized spacial score (nSPS) is 11.0. The monoisotopic (exact) mass is 327 g/mol. The molecular formula is C18H14ClNO3. The van der Waals surface area contributed by atoms with Crippen LogP contribution >= 0.6 is 11.6 Å². The van der Waals surface area contributed by atoms with Gasteiger partial charge in [-0.2, -0.15) is 0 Å². The first kappa shape index (κ1) is 15.2. The van der Waals surface area contributed by atoms with E-state index in [1.54, 1.807) is 43.5 Å². The molecule has 3 rings (SSSR count). The Morgan fingerprint density at radius 1 is 1.22 bits per heavy atom. The number of hydrogen-bond acceptors (Lipinski definition) is 3. The first-order chi connectivity index (χ1) is 11.1. The lowest BCUT2D eigenvalue weighted by atomic mass is 10.2. The SMILES string of the molecule is COc1cccc(NC(=O)/C=C/c2cc3cc(Cl)ccc3o2)c1. The van der Waals surface area contributed by atoms with Crippen molar-refractivity contribution in [3.8, 4) is 5.75 Å². The van der Waals surface area contributed by atoms with Crippen molar-refractivity contribution in [3.63, 3.8) is 0 Å². The number of benzene rings is 2. The molecule has 3 aromatic rings. The van der Waals surface area contributed by atoms with E-state index in [0.29, 0.717) is 22.2 Å². The van der Waals surface area contributed by atoms with Gasteiger partial charge in [-0.1, -0.05) is 17.7 Å². The number of methoxy groups -OCH3 is 1. The number of carbonyl (C=O) groups is 1. The summed E-state index contributed by atoms with van der Waals surface area (Å²) in [6.07, 6.45) is 3.03. The number of furan rings is 1. The number of anilines is 1. The van der Waals surface area contributed by atoms with E-state index in [0.717, 1.165) is 11.0 Å². The van der Waals surface area contributed by atoms with Crippen LogP contribution in [0.25, 0.3) is 17.0 Å². The van der Waals surface area contributed by atoms with Gasteiger partial charge in [0.2, 0.25) is 5.91 Å². The molecule has 2 aromatic carbocycles. The highest BCUT2D eigenvalue weighted by Crippen LogP contribution is 2.23. The Bertz CT molecular complexity index is 883. The molecule has 4 nitrogen and oxygen atoms in total. The Morgan fingerprint density at radius 3 is 2.91 bits per heavy atom. The molecule has 0 bridgehead atoms. The molecule has 0 radical (unpaired) electrons. The molecule has 0 aliphatic rings. The highest BCUT2D eigenvalue weighted by Gasteiger charge is 2.03. The molecule has 0 spiro atoms. The van der Waals surface area contributed by atoms with E-state index in [2.05, 4.69) is 5.32 Å². The summed E-state index contributed by atoms with van der Waals surface area (Å²) in [5.41, 5.74) is 1.39. The fourth-order valence-electron chi connectivity index (χ4n) is 2.16. The first-order valence-corrected chi connectivity index (χ1v) is 7.34. The Labute approximate surface area is 138 Å². The minimum Gasteiger partial charge on any atom is -0.497 e. The molecule has 1 heterocycles. The predicted octanol–water partition coefficient (Wildman–Crippen LogP) is 4.75. The minimum atomic E-state index is -0.253. The third-order valence-corrected chi connectivity index (χ3v) is 3.47. The summed E-state index contributed by atoms with van der Waals surface area (Å²) in [6, 6.07) is 14.4. The van der Waals surface area contributed by atoms with Crippen LogP contribution in [0.15, 0.2) is 59.0 Å². The van der Waals surface area contributed by atoms with E-state index in [4.69, 9.17) is 20.8 Å². The molecule has 0 saturated carbocycles. The summed E-state index contributed by atoms with van der Waals surface area (Å²) in [7, 11) is 1.58. The van der Waals surface area contributed by atoms with Gasteiger partial charge in [-0.3, -0.25) is 4.79 Å². The fourth-order valence-corrected chi connectivity index (χ4v) is 2.34. The topological polar surface area (TPSA) is 51.5 Å². The van der Waals surface area contributed by atoms with E-state index in [1.807, 2.05) is 18.2 Å². The zero-order valence-electron chi connectivity index (χ0n) is 12.4. The van der Waals surface area contributed by atoms with Gasteiger partial charge in [0.1, 0.15) is 17.1 Å². The van der Waals surface area contributed by atoms with E-state index in [9.17, 15) is 4.79 Å². The maximum atomic E-state index is 12.0. The summed E-state index contributed by atoms with van der Waals surface area (Å²) >= 11 is 5.94. The number of amides is 1. The van der Waals surface area contributed by atoms with Crippen LogP contribution in [0.2, 0.25) is 5.02 Å². The molecular weight excluding hydrogens is 314 g/mol. The number of carbonyl (C=O) groups excluding carboxylic acids is 1. The van der Waals surface area contributed by atoms with Crippen LogP contribution in [0.4, 0.5) is 5.69 Å². The molecule has 1 amide bonds. The quantitative estimate of drug-likeness (QED) is 0.704. The summed E-state index contributed by atoms with van der Waals surface area (Å²) in [5.74, 6) is 1.01. The Morgan fingerprint density at radius 2 is 2.09 bits per heavy atom. The first-order valence-electron chi connectivity index (χ1n) is 6.96. The summed E-state index contributed by atoms with van der Waals surface area (Å²) in [6.45, 7) is 0. The van der Waals surface area contributed by atoms with Crippen molar-refractivity contribution < 1.29 is 13.9 Å². The van der Waals surface area contributed by atoms with Gasteiger partial charge in [-0.15, -0.1) is 0 Å². The summed E-state index contributed by atoms with van der Waals surface area (Å²) in [4.78, 5) is 12.0. The van der Waals surface area contributed by atoms with Crippen molar-refractivity contribution in [3.05, 3.63) is 65.4 Å². The van der Waals surface area contributed by atoms with Crippen LogP contribution in [0.5, 0.6) is 5.75 Å².